The summed E-state index contributed by atoms with van der Waals surface area (Å²) in [5.41, 5.74) is 2.64. The van der Waals surface area contributed by atoms with Crippen molar-refractivity contribution in [2.75, 3.05) is 31.1 Å². The van der Waals surface area contributed by atoms with Gasteiger partial charge in [0.05, 0.1) is 18.9 Å². The van der Waals surface area contributed by atoms with Gasteiger partial charge in [0, 0.05) is 64.7 Å². The molecule has 41 heavy (non-hydrogen) atoms. The highest BCUT2D eigenvalue weighted by Crippen LogP contribution is 2.33. The predicted octanol–water partition coefficient (Wildman–Crippen LogP) is 2.47. The Morgan fingerprint density at radius 3 is 2.27 bits per heavy atom. The van der Waals surface area contributed by atoms with Gasteiger partial charge in [0.2, 0.25) is 5.75 Å². The zero-order valence-corrected chi connectivity index (χ0v) is 23.7. The number of H-pyrrole nitrogens is 1. The first-order valence-corrected chi connectivity index (χ1v) is 14.9. The number of urea groups is 1. The van der Waals surface area contributed by atoms with E-state index in [0.29, 0.717) is 36.7 Å². The monoisotopic (exact) mass is 573 g/mol. The minimum absolute atomic E-state index is 0.0290. The van der Waals surface area contributed by atoms with Crippen LogP contribution in [-0.4, -0.2) is 83.1 Å². The van der Waals surface area contributed by atoms with E-state index < -0.39 is 22.1 Å². The molecule has 0 radical (unpaired) electrons. The van der Waals surface area contributed by atoms with Crippen LogP contribution in [0.25, 0.3) is 0 Å². The van der Waals surface area contributed by atoms with Crippen molar-refractivity contribution in [1.29, 1.82) is 0 Å². The Hall–Kier alpha value is -4.43. The number of hydrogen-bond donors (Lipinski definition) is 2. The van der Waals surface area contributed by atoms with Crippen molar-refractivity contribution < 1.29 is 18.9 Å². The second-order valence-electron chi connectivity index (χ2n) is 10.3. The van der Waals surface area contributed by atoms with Gasteiger partial charge in [-0.05, 0) is 55.8 Å². The summed E-state index contributed by atoms with van der Waals surface area (Å²) in [4.78, 5) is 49.1. The molecule has 1 atom stereocenters. The molecular weight excluding hydrogens is 542 g/mol. The van der Waals surface area contributed by atoms with Crippen LogP contribution in [0, 0.1) is 11.8 Å². The Morgan fingerprint density at radius 1 is 1.05 bits per heavy atom. The third-order valence-electron chi connectivity index (χ3n) is 7.27. The van der Waals surface area contributed by atoms with Crippen molar-refractivity contribution >= 4 is 22.7 Å². The van der Waals surface area contributed by atoms with Crippen LogP contribution in [0.2, 0.25) is 0 Å². The van der Waals surface area contributed by atoms with Crippen LogP contribution >= 0.6 is 0 Å². The first-order chi connectivity index (χ1) is 19.7. The summed E-state index contributed by atoms with van der Waals surface area (Å²) in [6.07, 6.45) is 1.21. The number of aromatic nitrogens is 2. The largest absolute Gasteiger partial charge is 0.502 e. The lowest BCUT2D eigenvalue weighted by molar-refractivity contribution is 0.0771. The van der Waals surface area contributed by atoms with E-state index in [2.05, 4.69) is 21.8 Å². The fourth-order valence-corrected chi connectivity index (χ4v) is 6.08. The molecule has 0 spiro atoms. The Labute approximate surface area is 240 Å². The molecule has 2 aliphatic rings. The molecule has 1 unspecified atom stereocenters. The number of amides is 3. The highest BCUT2D eigenvalue weighted by molar-refractivity contribution is 7.85. The molecule has 0 bridgehead atoms. The quantitative estimate of drug-likeness (QED) is 0.452. The molecule has 2 fully saturated rings. The topological polar surface area (TPSA) is 127 Å². The molecule has 2 N–H and O–H groups in total. The number of aromatic amines is 1. The van der Waals surface area contributed by atoms with Crippen LogP contribution in [0.15, 0.2) is 59.7 Å². The van der Waals surface area contributed by atoms with Gasteiger partial charge in [0.25, 0.3) is 11.5 Å². The fraction of sp³-hybridized carbons (Fsp3) is 0.333. The molecule has 212 valence electrons. The molecule has 3 aromatic rings. The summed E-state index contributed by atoms with van der Waals surface area (Å²) in [5, 5.41) is 10.1. The second kappa shape index (κ2) is 12.0. The average molecular weight is 574 g/mol. The van der Waals surface area contributed by atoms with Gasteiger partial charge in [0.15, 0.2) is 0 Å². The smallest absolute Gasteiger partial charge is 0.321 e. The van der Waals surface area contributed by atoms with E-state index >= 15 is 0 Å². The van der Waals surface area contributed by atoms with Gasteiger partial charge in [0.1, 0.15) is 5.69 Å². The number of aromatic hydroxyl groups is 1. The lowest BCUT2D eigenvalue weighted by Gasteiger charge is -2.27. The summed E-state index contributed by atoms with van der Waals surface area (Å²) in [5.74, 6) is 6.80. The molecule has 0 saturated carbocycles. The first-order valence-electron chi connectivity index (χ1n) is 13.4. The van der Waals surface area contributed by atoms with E-state index in [4.69, 9.17) is 0 Å². The maximum absolute atomic E-state index is 13.2. The summed E-state index contributed by atoms with van der Waals surface area (Å²) >= 11 is 0. The molecule has 0 aliphatic carbocycles. The summed E-state index contributed by atoms with van der Waals surface area (Å²) < 4.78 is 11.6. The average Bonchev–Trinajstić information content (AvgIpc) is 3.30. The summed E-state index contributed by atoms with van der Waals surface area (Å²) in [6, 6.07) is 14.5. The van der Waals surface area contributed by atoms with Gasteiger partial charge in [-0.25, -0.2) is 9.78 Å². The van der Waals surface area contributed by atoms with Crippen LogP contribution < -0.4 is 5.56 Å². The van der Waals surface area contributed by atoms with Gasteiger partial charge in [-0.3, -0.25) is 13.8 Å². The van der Waals surface area contributed by atoms with Gasteiger partial charge in [-0.1, -0.05) is 24.0 Å². The maximum atomic E-state index is 13.2. The Kier molecular flexibility index (Phi) is 8.21. The van der Waals surface area contributed by atoms with Crippen molar-refractivity contribution in [3.8, 4) is 17.6 Å². The number of carbonyl (C=O) groups excluding carboxylic acids is 2. The molecule has 10 nitrogen and oxygen atoms in total. The third-order valence-corrected chi connectivity index (χ3v) is 8.54. The van der Waals surface area contributed by atoms with E-state index in [9.17, 15) is 23.7 Å². The Bertz CT molecular complexity index is 1580. The molecule has 2 saturated heterocycles. The third kappa shape index (κ3) is 6.18. The minimum atomic E-state index is -0.830. The Morgan fingerprint density at radius 2 is 1.66 bits per heavy atom. The predicted molar refractivity (Wildman–Crippen MR) is 155 cm³/mol. The fourth-order valence-electron chi connectivity index (χ4n) is 5.03. The second-order valence-corrected chi connectivity index (χ2v) is 12.0. The van der Waals surface area contributed by atoms with E-state index in [-0.39, 0.29) is 36.3 Å². The molecule has 3 amide bonds. The van der Waals surface area contributed by atoms with Gasteiger partial charge < -0.3 is 24.8 Å². The molecule has 2 aromatic carbocycles. The number of nitrogens with one attached hydrogen (secondary N) is 1. The van der Waals surface area contributed by atoms with Gasteiger partial charge >= 0.3 is 6.03 Å². The molecule has 11 heteroatoms. The molecule has 5 rings (SSSR count). The standard InChI is InChI=1S/C30H31N5O5S/c1-20(2)35-26(18-34(30(35)39)17-25-27(36)28(37)32-19-31-25)23-9-5-21(6-10-23)3-4-22-7-11-24(12-8-22)29(38)33-13-15-41(40)16-14-33/h5-12,19-20,26,36H,13-18H2,1-2H3,(H,31,32,37). The molecule has 2 aliphatic heterocycles. The van der Waals surface area contributed by atoms with Crippen molar-refractivity contribution in [3.63, 3.8) is 0 Å². The Balaban J connectivity index is 1.26. The number of rotatable bonds is 5. The SMILES string of the molecule is CC(C)N1C(=O)N(Cc2nc[nH]c(=O)c2O)CC1c1ccc(C#Cc2ccc(C(=O)N3CCS(=O)CC3)cc2)cc1. The van der Waals surface area contributed by atoms with Crippen LogP contribution in [0.5, 0.6) is 5.75 Å². The number of carbonyl (C=O) groups is 2. The van der Waals surface area contributed by atoms with Crippen molar-refractivity contribution in [3.05, 3.63) is 93.2 Å². The number of hydrogen-bond acceptors (Lipinski definition) is 6. The first kappa shape index (κ1) is 28.1. The van der Waals surface area contributed by atoms with Crippen LogP contribution in [0.1, 0.15) is 52.6 Å². The van der Waals surface area contributed by atoms with E-state index in [1.807, 2.05) is 50.2 Å². The lowest BCUT2D eigenvalue weighted by atomic mass is 10.0. The highest BCUT2D eigenvalue weighted by Gasteiger charge is 2.40. The van der Waals surface area contributed by atoms with Crippen molar-refractivity contribution in [2.24, 2.45) is 0 Å². The van der Waals surface area contributed by atoms with E-state index in [0.717, 1.165) is 16.7 Å². The summed E-state index contributed by atoms with van der Waals surface area (Å²) in [7, 11) is -0.830. The molecule has 1 aromatic heterocycles. The molecule has 3 heterocycles. The van der Waals surface area contributed by atoms with E-state index in [1.165, 1.54) is 6.33 Å². The zero-order chi connectivity index (χ0) is 29.1. The van der Waals surface area contributed by atoms with Gasteiger partial charge in [-0.2, -0.15) is 0 Å². The maximum Gasteiger partial charge on any atom is 0.321 e. The van der Waals surface area contributed by atoms with Crippen molar-refractivity contribution in [2.45, 2.75) is 32.5 Å². The van der Waals surface area contributed by atoms with Crippen LogP contribution in [0.3, 0.4) is 0 Å². The van der Waals surface area contributed by atoms with Crippen LogP contribution in [0.4, 0.5) is 4.79 Å². The normalized spacial score (nSPS) is 17.6. The number of benzene rings is 2. The summed E-state index contributed by atoms with van der Waals surface area (Å²) in [6.45, 7) is 5.34. The zero-order valence-electron chi connectivity index (χ0n) is 22.9. The van der Waals surface area contributed by atoms with Gasteiger partial charge in [-0.15, -0.1) is 0 Å². The number of nitrogens with zero attached hydrogens (tertiary/aromatic N) is 4. The highest BCUT2D eigenvalue weighted by atomic mass is 32.2. The van der Waals surface area contributed by atoms with Crippen molar-refractivity contribution in [1.82, 2.24) is 24.7 Å². The lowest BCUT2D eigenvalue weighted by Crippen LogP contribution is -2.41. The minimum Gasteiger partial charge on any atom is -0.502 e. The van der Waals surface area contributed by atoms with E-state index in [1.54, 1.807) is 26.8 Å². The molecular formula is C30H31N5O5S. The van der Waals surface area contributed by atoms with Crippen LogP contribution in [-0.2, 0) is 17.3 Å².